The van der Waals surface area contributed by atoms with Crippen molar-refractivity contribution in [3.8, 4) is 0 Å². The first-order valence-electron chi connectivity index (χ1n) is 11.2. The first-order chi connectivity index (χ1) is 16.5. The first kappa shape index (κ1) is 28.2. The van der Waals surface area contributed by atoms with E-state index >= 15 is 0 Å². The minimum Gasteiger partial charge on any atom is -0.355 e. The van der Waals surface area contributed by atoms with Crippen molar-refractivity contribution < 1.29 is 31.2 Å². The molecule has 0 heterocycles. The van der Waals surface area contributed by atoms with Crippen LogP contribution in [0, 0.1) is 17.5 Å². The van der Waals surface area contributed by atoms with Crippen molar-refractivity contribution in [1.29, 1.82) is 0 Å². The van der Waals surface area contributed by atoms with Crippen molar-refractivity contribution in [2.24, 2.45) is 0 Å². The molecule has 0 spiro atoms. The molecule has 2 aromatic carbocycles. The summed E-state index contributed by atoms with van der Waals surface area (Å²) in [5.41, 5.74) is 0.567. The molecule has 0 unspecified atom stereocenters. The Morgan fingerprint density at radius 2 is 1.66 bits per heavy atom. The minimum absolute atomic E-state index is 0.0595. The maximum Gasteiger partial charge on any atom is 0.242 e. The van der Waals surface area contributed by atoms with E-state index in [1.165, 1.54) is 29.2 Å². The normalized spacial score (nSPS) is 12.2. The molecular formula is C24H30F3N3O4S. The highest BCUT2D eigenvalue weighted by atomic mass is 32.2. The Labute approximate surface area is 204 Å². The van der Waals surface area contributed by atoms with Gasteiger partial charge in [-0.05, 0) is 49.6 Å². The monoisotopic (exact) mass is 513 g/mol. The van der Waals surface area contributed by atoms with Crippen LogP contribution in [0.5, 0.6) is 0 Å². The lowest BCUT2D eigenvalue weighted by molar-refractivity contribution is -0.141. The van der Waals surface area contributed by atoms with Gasteiger partial charge in [-0.25, -0.2) is 21.6 Å². The van der Waals surface area contributed by atoms with Crippen LogP contribution in [0.15, 0.2) is 42.5 Å². The average molecular weight is 514 g/mol. The molecule has 1 atom stereocenters. The Balaban J connectivity index is 2.21. The zero-order valence-corrected chi connectivity index (χ0v) is 20.7. The smallest absolute Gasteiger partial charge is 0.242 e. The van der Waals surface area contributed by atoms with E-state index in [0.29, 0.717) is 18.5 Å². The van der Waals surface area contributed by atoms with E-state index in [-0.39, 0.29) is 37.5 Å². The van der Waals surface area contributed by atoms with Gasteiger partial charge in [-0.2, -0.15) is 0 Å². The molecule has 2 rings (SSSR count). The van der Waals surface area contributed by atoms with Crippen LogP contribution in [0.25, 0.3) is 0 Å². The number of sulfonamides is 1. The fraction of sp³-hybridized carbons (Fsp3) is 0.417. The van der Waals surface area contributed by atoms with Crippen LogP contribution in [0.4, 0.5) is 18.9 Å². The molecule has 0 saturated heterocycles. The maximum atomic E-state index is 13.7. The van der Waals surface area contributed by atoms with Gasteiger partial charge in [0.1, 0.15) is 11.9 Å². The summed E-state index contributed by atoms with van der Waals surface area (Å²) in [6.45, 7) is 3.81. The number of hydrogen-bond acceptors (Lipinski definition) is 4. The van der Waals surface area contributed by atoms with Crippen molar-refractivity contribution in [2.45, 2.75) is 45.7 Å². The van der Waals surface area contributed by atoms with E-state index in [1.807, 2.05) is 0 Å². The first-order valence-corrected chi connectivity index (χ1v) is 13.1. The molecule has 0 aliphatic heterocycles. The van der Waals surface area contributed by atoms with Gasteiger partial charge in [-0.3, -0.25) is 13.9 Å². The van der Waals surface area contributed by atoms with Gasteiger partial charge in [0.2, 0.25) is 21.8 Å². The van der Waals surface area contributed by atoms with Crippen molar-refractivity contribution in [2.75, 3.05) is 23.7 Å². The van der Waals surface area contributed by atoms with Crippen molar-refractivity contribution in [3.63, 3.8) is 0 Å². The number of nitrogens with one attached hydrogen (secondary N) is 1. The summed E-state index contributed by atoms with van der Waals surface area (Å²) in [6, 6.07) is 7.55. The topological polar surface area (TPSA) is 86.8 Å². The van der Waals surface area contributed by atoms with Crippen LogP contribution >= 0.6 is 0 Å². The summed E-state index contributed by atoms with van der Waals surface area (Å²) < 4.78 is 65.7. The van der Waals surface area contributed by atoms with Crippen LogP contribution < -0.4 is 9.62 Å². The van der Waals surface area contributed by atoms with E-state index in [2.05, 4.69) is 5.32 Å². The molecule has 0 bridgehead atoms. The summed E-state index contributed by atoms with van der Waals surface area (Å²) in [5, 5.41) is 2.71. The van der Waals surface area contributed by atoms with Crippen LogP contribution in [-0.4, -0.2) is 50.5 Å². The van der Waals surface area contributed by atoms with Crippen LogP contribution in [-0.2, 0) is 26.2 Å². The van der Waals surface area contributed by atoms with E-state index in [0.717, 1.165) is 28.8 Å². The Bertz CT molecular complexity index is 1130. The van der Waals surface area contributed by atoms with E-state index in [4.69, 9.17) is 0 Å². The van der Waals surface area contributed by atoms with E-state index in [1.54, 1.807) is 13.8 Å². The van der Waals surface area contributed by atoms with Crippen molar-refractivity contribution >= 4 is 27.5 Å². The molecule has 0 aromatic heterocycles. The zero-order chi connectivity index (χ0) is 26.2. The Hall–Kier alpha value is -3.08. The average Bonchev–Trinajstić information content (AvgIpc) is 2.79. The third-order valence-corrected chi connectivity index (χ3v) is 6.54. The molecule has 2 aromatic rings. The highest BCUT2D eigenvalue weighted by molar-refractivity contribution is 7.92. The molecular weight excluding hydrogens is 483 g/mol. The number of carbonyl (C=O) groups is 2. The molecule has 0 aliphatic rings. The van der Waals surface area contributed by atoms with Gasteiger partial charge < -0.3 is 10.2 Å². The molecule has 192 valence electrons. The van der Waals surface area contributed by atoms with Crippen LogP contribution in [0.3, 0.4) is 0 Å². The maximum absolute atomic E-state index is 13.7. The van der Waals surface area contributed by atoms with E-state index in [9.17, 15) is 31.2 Å². The fourth-order valence-corrected chi connectivity index (χ4v) is 4.60. The Kier molecular flexibility index (Phi) is 10.1. The third-order valence-electron chi connectivity index (χ3n) is 5.35. The minimum atomic E-state index is -3.84. The summed E-state index contributed by atoms with van der Waals surface area (Å²) in [7, 11) is -3.84. The van der Waals surface area contributed by atoms with Gasteiger partial charge in [-0.1, -0.05) is 19.1 Å². The number of likely N-dealkylation sites (N-methyl/N-ethyl adjacent to an activating group) is 1. The van der Waals surface area contributed by atoms with Gasteiger partial charge in [0.05, 0.1) is 11.9 Å². The number of rotatable bonds is 12. The highest BCUT2D eigenvalue weighted by Gasteiger charge is 2.28. The van der Waals surface area contributed by atoms with E-state index < -0.39 is 39.4 Å². The second kappa shape index (κ2) is 12.6. The predicted octanol–water partition coefficient (Wildman–Crippen LogP) is 3.59. The van der Waals surface area contributed by atoms with Crippen molar-refractivity contribution in [3.05, 3.63) is 65.5 Å². The molecule has 7 nitrogen and oxygen atoms in total. The van der Waals surface area contributed by atoms with Gasteiger partial charge in [-0.15, -0.1) is 0 Å². The number of amides is 2. The molecule has 35 heavy (non-hydrogen) atoms. The number of benzene rings is 2. The highest BCUT2D eigenvalue weighted by Crippen LogP contribution is 2.22. The molecule has 11 heteroatoms. The molecule has 0 saturated carbocycles. The van der Waals surface area contributed by atoms with Gasteiger partial charge >= 0.3 is 0 Å². The molecule has 2 amide bonds. The predicted molar refractivity (Wildman–Crippen MR) is 127 cm³/mol. The molecule has 0 aliphatic carbocycles. The zero-order valence-electron chi connectivity index (χ0n) is 19.9. The Morgan fingerprint density at radius 3 is 2.20 bits per heavy atom. The fourth-order valence-electron chi connectivity index (χ4n) is 3.64. The molecule has 0 fully saturated rings. The Morgan fingerprint density at radius 1 is 1.00 bits per heavy atom. The SMILES string of the molecule is CCNC(=O)[C@H](CC)N(Cc1ccc(F)cc1)C(=O)CCCN(c1ccc(F)c(F)c1)S(C)(=O)=O. The summed E-state index contributed by atoms with van der Waals surface area (Å²) in [6.07, 6.45) is 1.23. The molecule has 1 N–H and O–H groups in total. The van der Waals surface area contributed by atoms with Crippen molar-refractivity contribution in [1.82, 2.24) is 10.2 Å². The standard InChI is InChI=1S/C24H30F3N3O4S/c1-4-22(24(32)28-5-2)29(16-17-8-10-18(25)11-9-17)23(31)7-6-14-30(35(3,33)34)19-12-13-20(26)21(27)15-19/h8-13,15,22H,4-7,14,16H2,1-3H3,(H,28,32)/t22-/m0/s1. The van der Waals surface area contributed by atoms with Gasteiger partial charge in [0, 0.05) is 32.1 Å². The van der Waals surface area contributed by atoms with Crippen LogP contribution in [0.1, 0.15) is 38.7 Å². The summed E-state index contributed by atoms with van der Waals surface area (Å²) in [5.74, 6) is -3.45. The number of carbonyl (C=O) groups excluding carboxylic acids is 2. The largest absolute Gasteiger partial charge is 0.355 e. The lowest BCUT2D eigenvalue weighted by Gasteiger charge is -2.31. The third kappa shape index (κ3) is 7.98. The number of nitrogens with zero attached hydrogens (tertiary/aromatic N) is 2. The molecule has 0 radical (unpaired) electrons. The quantitative estimate of drug-likeness (QED) is 0.470. The lowest BCUT2D eigenvalue weighted by atomic mass is 10.1. The number of hydrogen-bond donors (Lipinski definition) is 1. The second-order valence-electron chi connectivity index (χ2n) is 8.00. The number of anilines is 1. The number of halogens is 3. The van der Waals surface area contributed by atoms with Gasteiger partial charge in [0.25, 0.3) is 0 Å². The second-order valence-corrected chi connectivity index (χ2v) is 9.91. The van der Waals surface area contributed by atoms with Crippen LogP contribution in [0.2, 0.25) is 0 Å². The lowest BCUT2D eigenvalue weighted by Crippen LogP contribution is -2.49. The summed E-state index contributed by atoms with van der Waals surface area (Å²) in [4.78, 5) is 27.2. The summed E-state index contributed by atoms with van der Waals surface area (Å²) >= 11 is 0. The van der Waals surface area contributed by atoms with Gasteiger partial charge in [0.15, 0.2) is 11.6 Å².